The summed E-state index contributed by atoms with van der Waals surface area (Å²) >= 11 is 5.74. The van der Waals surface area contributed by atoms with E-state index in [9.17, 15) is 17.2 Å². The highest BCUT2D eigenvalue weighted by molar-refractivity contribution is 7.92. The molecule has 0 aliphatic heterocycles. The normalized spacial score (nSPS) is 11.3. The van der Waals surface area contributed by atoms with Crippen molar-refractivity contribution in [3.05, 3.63) is 41.6 Å². The van der Waals surface area contributed by atoms with Crippen LogP contribution in [0.25, 0.3) is 0 Å². The molecule has 0 aliphatic rings. The lowest BCUT2D eigenvalue weighted by atomic mass is 10.3. The van der Waals surface area contributed by atoms with E-state index < -0.39 is 16.6 Å². The molecule has 1 heterocycles. The number of methoxy groups -OCH3 is 1. The van der Waals surface area contributed by atoms with Crippen molar-refractivity contribution in [3.63, 3.8) is 0 Å². The Balaban J connectivity index is 2.23. The van der Waals surface area contributed by atoms with Gasteiger partial charge in [-0.15, -0.1) is 0 Å². The second-order valence-electron chi connectivity index (χ2n) is 4.17. The van der Waals surface area contributed by atoms with Crippen molar-refractivity contribution in [2.75, 3.05) is 11.8 Å². The first-order chi connectivity index (χ1) is 10.8. The Morgan fingerprint density at radius 3 is 2.52 bits per heavy atom. The Morgan fingerprint density at radius 2 is 2.00 bits per heavy atom. The number of sulfonamides is 1. The lowest BCUT2D eigenvalue weighted by Crippen LogP contribution is -2.13. The number of nitrogens with one attached hydrogen (secondary N) is 1. The van der Waals surface area contributed by atoms with Gasteiger partial charge in [0, 0.05) is 6.07 Å². The minimum absolute atomic E-state index is 0.204. The Labute approximate surface area is 136 Å². The average Bonchev–Trinajstić information content (AvgIpc) is 2.49. The van der Waals surface area contributed by atoms with E-state index >= 15 is 0 Å². The van der Waals surface area contributed by atoms with Gasteiger partial charge in [0.25, 0.3) is 10.0 Å². The van der Waals surface area contributed by atoms with Crippen LogP contribution in [0, 0.1) is 0 Å². The van der Waals surface area contributed by atoms with Crippen molar-refractivity contribution in [2.45, 2.75) is 11.5 Å². The number of halogens is 3. The summed E-state index contributed by atoms with van der Waals surface area (Å²) in [6.07, 6.45) is 1.27. The summed E-state index contributed by atoms with van der Waals surface area (Å²) in [5.41, 5.74) is 0.204. The average molecular weight is 365 g/mol. The number of alkyl halides is 2. The predicted molar refractivity (Wildman–Crippen MR) is 79.7 cm³/mol. The van der Waals surface area contributed by atoms with Gasteiger partial charge in [0.15, 0.2) is 0 Å². The number of anilines is 1. The Morgan fingerprint density at radius 1 is 1.26 bits per heavy atom. The van der Waals surface area contributed by atoms with Gasteiger partial charge in [-0.2, -0.15) is 8.78 Å². The molecule has 0 bridgehead atoms. The van der Waals surface area contributed by atoms with Gasteiger partial charge in [-0.3, -0.25) is 4.72 Å². The Bertz CT molecular complexity index is 785. The molecule has 0 aliphatic carbocycles. The van der Waals surface area contributed by atoms with E-state index in [-0.39, 0.29) is 21.4 Å². The highest BCUT2D eigenvalue weighted by atomic mass is 35.5. The van der Waals surface area contributed by atoms with Crippen LogP contribution in [-0.2, 0) is 10.0 Å². The summed E-state index contributed by atoms with van der Waals surface area (Å²) in [4.78, 5) is 3.65. The largest absolute Gasteiger partial charge is 0.481 e. The first-order valence-corrected chi connectivity index (χ1v) is 7.95. The molecule has 2 aromatic rings. The molecule has 0 saturated carbocycles. The fourth-order valence-electron chi connectivity index (χ4n) is 1.62. The van der Waals surface area contributed by atoms with Gasteiger partial charge in [0.1, 0.15) is 5.75 Å². The minimum Gasteiger partial charge on any atom is -0.481 e. The van der Waals surface area contributed by atoms with E-state index in [0.717, 1.165) is 18.2 Å². The zero-order valence-corrected chi connectivity index (χ0v) is 13.2. The molecule has 0 radical (unpaired) electrons. The molecule has 10 heteroatoms. The maximum atomic E-state index is 12.2. The first kappa shape index (κ1) is 17.2. The van der Waals surface area contributed by atoms with E-state index in [4.69, 9.17) is 16.3 Å². The lowest BCUT2D eigenvalue weighted by molar-refractivity contribution is -0.0498. The van der Waals surface area contributed by atoms with Crippen molar-refractivity contribution in [2.24, 2.45) is 0 Å². The smallest absolute Gasteiger partial charge is 0.387 e. The molecule has 0 atom stereocenters. The molecule has 0 amide bonds. The van der Waals surface area contributed by atoms with Crippen LogP contribution in [0.4, 0.5) is 14.5 Å². The quantitative estimate of drug-likeness (QED) is 0.852. The Kier molecular flexibility index (Phi) is 5.22. The van der Waals surface area contributed by atoms with Crippen LogP contribution in [0.2, 0.25) is 5.02 Å². The molecule has 1 aromatic carbocycles. The van der Waals surface area contributed by atoms with Gasteiger partial charge in [-0.1, -0.05) is 11.6 Å². The number of hydrogen-bond donors (Lipinski definition) is 1. The summed E-state index contributed by atoms with van der Waals surface area (Å²) in [5, 5.41) is -0.249. The molecule has 124 valence electrons. The fraction of sp³-hybridized carbons (Fsp3) is 0.154. The second kappa shape index (κ2) is 6.97. The fourth-order valence-corrected chi connectivity index (χ4v) is 2.97. The third kappa shape index (κ3) is 4.42. The SMILES string of the molecule is COc1ccc(NS(=O)(=O)c2ccc(OC(F)F)c(Cl)c2)cn1. The highest BCUT2D eigenvalue weighted by Crippen LogP contribution is 2.29. The second-order valence-corrected chi connectivity index (χ2v) is 6.26. The molecular weight excluding hydrogens is 354 g/mol. The molecule has 2 rings (SSSR count). The highest BCUT2D eigenvalue weighted by Gasteiger charge is 2.18. The third-order valence-electron chi connectivity index (χ3n) is 2.63. The lowest BCUT2D eigenvalue weighted by Gasteiger charge is -2.11. The van der Waals surface area contributed by atoms with Crippen LogP contribution in [0.1, 0.15) is 0 Å². The van der Waals surface area contributed by atoms with Crippen molar-refractivity contribution >= 4 is 27.3 Å². The number of ether oxygens (including phenoxy) is 2. The van der Waals surface area contributed by atoms with Crippen molar-refractivity contribution in [3.8, 4) is 11.6 Å². The van der Waals surface area contributed by atoms with Crippen LogP contribution in [0.15, 0.2) is 41.4 Å². The molecule has 0 spiro atoms. The van der Waals surface area contributed by atoms with Gasteiger partial charge >= 0.3 is 6.61 Å². The predicted octanol–water partition coefficient (Wildman–Crippen LogP) is 3.15. The summed E-state index contributed by atoms with van der Waals surface area (Å²) < 4.78 is 60.1. The van der Waals surface area contributed by atoms with Crippen LogP contribution in [-0.4, -0.2) is 27.1 Å². The van der Waals surface area contributed by atoms with Crippen molar-refractivity contribution < 1.29 is 26.7 Å². The van der Waals surface area contributed by atoms with E-state index in [1.165, 1.54) is 25.4 Å². The van der Waals surface area contributed by atoms with E-state index in [1.54, 1.807) is 0 Å². The summed E-state index contributed by atoms with van der Waals surface area (Å²) in [6, 6.07) is 6.10. The Hall–Kier alpha value is -2.13. The molecular formula is C13H11ClF2N2O4S. The first-order valence-electron chi connectivity index (χ1n) is 6.09. The number of rotatable bonds is 6. The van der Waals surface area contributed by atoms with E-state index in [0.29, 0.717) is 5.88 Å². The third-order valence-corrected chi connectivity index (χ3v) is 4.30. The van der Waals surface area contributed by atoms with Gasteiger partial charge in [0.2, 0.25) is 5.88 Å². The van der Waals surface area contributed by atoms with Gasteiger partial charge in [-0.05, 0) is 24.3 Å². The van der Waals surface area contributed by atoms with Crippen molar-refractivity contribution in [1.29, 1.82) is 0 Å². The number of aromatic nitrogens is 1. The van der Waals surface area contributed by atoms with Crippen LogP contribution in [0.5, 0.6) is 11.6 Å². The number of pyridine rings is 1. The van der Waals surface area contributed by atoms with Gasteiger partial charge < -0.3 is 9.47 Å². The van der Waals surface area contributed by atoms with E-state index in [1.807, 2.05) is 0 Å². The zero-order chi connectivity index (χ0) is 17.0. The van der Waals surface area contributed by atoms with Crippen molar-refractivity contribution in [1.82, 2.24) is 4.98 Å². The summed E-state index contributed by atoms with van der Waals surface area (Å²) in [6.45, 7) is -3.06. The minimum atomic E-state index is -3.96. The molecule has 23 heavy (non-hydrogen) atoms. The molecule has 1 aromatic heterocycles. The summed E-state index contributed by atoms with van der Waals surface area (Å²) in [5.74, 6) is 0.0104. The standard InChI is InChI=1S/C13H11ClF2N2O4S/c1-21-12-5-2-8(7-17-12)18-23(19,20)9-3-4-11(10(14)6-9)22-13(15)16/h2-7,13,18H,1H3. The van der Waals surface area contributed by atoms with Crippen LogP contribution in [0.3, 0.4) is 0 Å². The zero-order valence-electron chi connectivity index (χ0n) is 11.7. The molecule has 0 fully saturated rings. The molecule has 0 unspecified atom stereocenters. The van der Waals surface area contributed by atoms with Gasteiger partial charge in [-0.25, -0.2) is 13.4 Å². The maximum Gasteiger partial charge on any atom is 0.387 e. The monoisotopic (exact) mass is 364 g/mol. The number of nitrogens with zero attached hydrogens (tertiary/aromatic N) is 1. The van der Waals surface area contributed by atoms with Gasteiger partial charge in [0.05, 0.1) is 28.9 Å². The maximum absolute atomic E-state index is 12.2. The number of hydrogen-bond acceptors (Lipinski definition) is 5. The topological polar surface area (TPSA) is 77.5 Å². The molecule has 6 nitrogen and oxygen atoms in total. The van der Waals surface area contributed by atoms with Crippen LogP contribution < -0.4 is 14.2 Å². The van der Waals surface area contributed by atoms with Crippen LogP contribution >= 0.6 is 11.6 Å². The van der Waals surface area contributed by atoms with E-state index in [2.05, 4.69) is 14.4 Å². The summed E-state index contributed by atoms with van der Waals surface area (Å²) in [7, 11) is -2.53. The molecule has 1 N–H and O–H groups in total. The number of benzene rings is 1. The molecule has 0 saturated heterocycles.